The highest BCUT2D eigenvalue weighted by atomic mass is 79.9. The molecule has 0 saturated carbocycles. The molecule has 0 bridgehead atoms. The minimum Gasteiger partial charge on any atom is -0.321 e. The number of nitrogens with one attached hydrogen (secondary N) is 1. The summed E-state index contributed by atoms with van der Waals surface area (Å²) in [7, 11) is 0. The molecule has 1 aromatic carbocycles. The quantitative estimate of drug-likeness (QED) is 0.749. The molecule has 18 heavy (non-hydrogen) atoms. The number of fused-ring (bicyclic) bond motifs is 1. The van der Waals surface area contributed by atoms with Crippen LogP contribution in [0.2, 0.25) is 0 Å². The van der Waals surface area contributed by atoms with E-state index in [1.807, 2.05) is 30.3 Å². The minimum atomic E-state index is -0.0900. The van der Waals surface area contributed by atoms with E-state index < -0.39 is 0 Å². The highest BCUT2D eigenvalue weighted by molar-refractivity contribution is 9.10. The minimum absolute atomic E-state index is 0.0900. The third kappa shape index (κ3) is 1.95. The number of nitrogens with zero attached hydrogens (tertiary/aromatic N) is 1. The van der Waals surface area contributed by atoms with Gasteiger partial charge in [0.05, 0.1) is 5.39 Å². The summed E-state index contributed by atoms with van der Waals surface area (Å²) in [6.45, 7) is 0. The van der Waals surface area contributed by atoms with Crippen molar-refractivity contribution in [2.24, 2.45) is 0 Å². The normalized spacial score (nSPS) is 10.7. The Hall–Kier alpha value is -1.94. The Bertz CT molecular complexity index is 763. The maximum Gasteiger partial charge on any atom is 0.256 e. The molecule has 88 valence electrons. The van der Waals surface area contributed by atoms with E-state index >= 15 is 0 Å². The molecule has 0 aliphatic rings. The summed E-state index contributed by atoms with van der Waals surface area (Å²) in [5, 5.41) is 1.50. The second-order valence-electron chi connectivity index (χ2n) is 3.98. The number of rotatable bonds is 1. The van der Waals surface area contributed by atoms with Crippen molar-refractivity contribution < 1.29 is 0 Å². The Kier molecular flexibility index (Phi) is 2.72. The first-order valence-corrected chi connectivity index (χ1v) is 6.26. The number of pyridine rings is 2. The van der Waals surface area contributed by atoms with Crippen molar-refractivity contribution in [1.82, 2.24) is 9.97 Å². The van der Waals surface area contributed by atoms with Gasteiger partial charge in [0.2, 0.25) is 0 Å². The second kappa shape index (κ2) is 4.38. The number of benzene rings is 1. The molecule has 3 nitrogen and oxygen atoms in total. The van der Waals surface area contributed by atoms with Crippen molar-refractivity contribution in [2.45, 2.75) is 0 Å². The smallest absolute Gasteiger partial charge is 0.256 e. The van der Waals surface area contributed by atoms with Crippen molar-refractivity contribution in [1.29, 1.82) is 0 Å². The van der Waals surface area contributed by atoms with Crippen LogP contribution in [0, 0.1) is 0 Å². The van der Waals surface area contributed by atoms with Gasteiger partial charge in [0, 0.05) is 27.9 Å². The van der Waals surface area contributed by atoms with E-state index in [0.717, 1.165) is 21.1 Å². The van der Waals surface area contributed by atoms with Crippen LogP contribution in [0.1, 0.15) is 0 Å². The Morgan fingerprint density at radius 1 is 1.11 bits per heavy atom. The number of halogens is 1. The zero-order valence-corrected chi connectivity index (χ0v) is 10.9. The molecule has 0 radical (unpaired) electrons. The van der Waals surface area contributed by atoms with Crippen molar-refractivity contribution >= 4 is 26.7 Å². The van der Waals surface area contributed by atoms with Gasteiger partial charge in [-0.2, -0.15) is 0 Å². The van der Waals surface area contributed by atoms with Crippen LogP contribution in [-0.2, 0) is 0 Å². The van der Waals surface area contributed by atoms with Gasteiger partial charge in [-0.15, -0.1) is 0 Å². The van der Waals surface area contributed by atoms with Crippen LogP contribution in [0.4, 0.5) is 0 Å². The average Bonchev–Trinajstić information content (AvgIpc) is 2.39. The fourth-order valence-electron chi connectivity index (χ4n) is 1.89. The lowest BCUT2D eigenvalue weighted by atomic mass is 10.1. The molecular formula is C14H9BrN2O. The number of aromatic nitrogens is 2. The van der Waals surface area contributed by atoms with E-state index in [1.165, 1.54) is 0 Å². The van der Waals surface area contributed by atoms with Gasteiger partial charge in [0.25, 0.3) is 5.56 Å². The lowest BCUT2D eigenvalue weighted by Gasteiger charge is -2.03. The molecule has 0 aliphatic heterocycles. The number of aromatic amines is 1. The molecule has 3 aromatic rings. The van der Waals surface area contributed by atoms with Crippen LogP contribution in [0.3, 0.4) is 0 Å². The van der Waals surface area contributed by atoms with Crippen LogP contribution >= 0.6 is 15.9 Å². The highest BCUT2D eigenvalue weighted by Gasteiger charge is 2.03. The van der Waals surface area contributed by atoms with E-state index in [1.54, 1.807) is 18.5 Å². The zero-order chi connectivity index (χ0) is 12.5. The molecule has 0 aliphatic carbocycles. The summed E-state index contributed by atoms with van der Waals surface area (Å²) >= 11 is 3.39. The van der Waals surface area contributed by atoms with Gasteiger partial charge in [-0.1, -0.05) is 28.1 Å². The van der Waals surface area contributed by atoms with E-state index in [0.29, 0.717) is 5.39 Å². The molecule has 0 atom stereocenters. The Balaban J connectivity index is 2.24. The number of hydrogen-bond acceptors (Lipinski definition) is 2. The third-order valence-electron chi connectivity index (χ3n) is 2.80. The predicted octanol–water partition coefficient (Wildman–Crippen LogP) is 3.35. The molecule has 0 unspecified atom stereocenters. The van der Waals surface area contributed by atoms with E-state index in [9.17, 15) is 4.79 Å². The Morgan fingerprint density at radius 2 is 1.89 bits per heavy atom. The Morgan fingerprint density at radius 3 is 2.67 bits per heavy atom. The molecule has 1 N–H and O–H groups in total. The largest absolute Gasteiger partial charge is 0.321 e. The Labute approximate surface area is 112 Å². The summed E-state index contributed by atoms with van der Waals surface area (Å²) in [6.07, 6.45) is 3.32. The fourth-order valence-corrected chi connectivity index (χ4v) is 2.16. The van der Waals surface area contributed by atoms with Crippen LogP contribution in [0.5, 0.6) is 0 Å². The standard InChI is InChI=1S/C14H9BrN2O/c15-11-3-1-9(2-4-11)13-7-10-8-16-6-5-12(10)14(18)17-13/h1-8H,(H,17,18). The maximum absolute atomic E-state index is 11.9. The summed E-state index contributed by atoms with van der Waals surface area (Å²) in [5.41, 5.74) is 1.68. The van der Waals surface area contributed by atoms with Crippen LogP contribution in [0.25, 0.3) is 22.0 Å². The first kappa shape index (κ1) is 11.2. The maximum atomic E-state index is 11.9. The highest BCUT2D eigenvalue weighted by Crippen LogP contribution is 2.21. The van der Waals surface area contributed by atoms with E-state index in [2.05, 4.69) is 25.9 Å². The number of H-pyrrole nitrogens is 1. The predicted molar refractivity (Wildman–Crippen MR) is 75.5 cm³/mol. The monoisotopic (exact) mass is 300 g/mol. The van der Waals surface area contributed by atoms with Gasteiger partial charge in [-0.25, -0.2) is 0 Å². The zero-order valence-electron chi connectivity index (χ0n) is 9.35. The first-order valence-electron chi connectivity index (χ1n) is 5.47. The van der Waals surface area contributed by atoms with E-state index in [-0.39, 0.29) is 5.56 Å². The molecule has 4 heteroatoms. The van der Waals surface area contributed by atoms with Crippen molar-refractivity contribution in [3.8, 4) is 11.3 Å². The molecule has 2 heterocycles. The van der Waals surface area contributed by atoms with Gasteiger partial charge in [0.1, 0.15) is 0 Å². The summed E-state index contributed by atoms with van der Waals surface area (Å²) in [5.74, 6) is 0. The molecule has 0 amide bonds. The second-order valence-corrected chi connectivity index (χ2v) is 4.90. The SMILES string of the molecule is O=c1[nH]c(-c2ccc(Br)cc2)cc2cnccc12. The first-order chi connectivity index (χ1) is 8.74. The van der Waals surface area contributed by atoms with Gasteiger partial charge in [-0.05, 0) is 29.8 Å². The number of hydrogen-bond donors (Lipinski definition) is 1. The van der Waals surface area contributed by atoms with Gasteiger partial charge >= 0.3 is 0 Å². The van der Waals surface area contributed by atoms with Crippen LogP contribution < -0.4 is 5.56 Å². The van der Waals surface area contributed by atoms with Gasteiger partial charge < -0.3 is 4.98 Å². The van der Waals surface area contributed by atoms with Crippen molar-refractivity contribution in [3.63, 3.8) is 0 Å². The third-order valence-corrected chi connectivity index (χ3v) is 3.33. The molecule has 2 aromatic heterocycles. The van der Waals surface area contributed by atoms with Crippen molar-refractivity contribution in [2.75, 3.05) is 0 Å². The topological polar surface area (TPSA) is 45.8 Å². The summed E-state index contributed by atoms with van der Waals surface area (Å²) < 4.78 is 1.01. The van der Waals surface area contributed by atoms with Gasteiger partial charge in [0.15, 0.2) is 0 Å². The average molecular weight is 301 g/mol. The molecule has 0 spiro atoms. The molecule has 0 saturated heterocycles. The van der Waals surface area contributed by atoms with E-state index in [4.69, 9.17) is 0 Å². The molecular weight excluding hydrogens is 292 g/mol. The van der Waals surface area contributed by atoms with Crippen LogP contribution in [-0.4, -0.2) is 9.97 Å². The molecule has 3 rings (SSSR count). The lowest BCUT2D eigenvalue weighted by Crippen LogP contribution is -2.07. The fraction of sp³-hybridized carbons (Fsp3) is 0. The van der Waals surface area contributed by atoms with Gasteiger partial charge in [-0.3, -0.25) is 9.78 Å². The molecule has 0 fully saturated rings. The van der Waals surface area contributed by atoms with Crippen molar-refractivity contribution in [3.05, 3.63) is 63.6 Å². The lowest BCUT2D eigenvalue weighted by molar-refractivity contribution is 1.26. The summed E-state index contributed by atoms with van der Waals surface area (Å²) in [6, 6.07) is 11.5. The van der Waals surface area contributed by atoms with Crippen LogP contribution in [0.15, 0.2) is 58.1 Å². The summed E-state index contributed by atoms with van der Waals surface area (Å²) in [4.78, 5) is 18.9.